The first-order valence-corrected chi connectivity index (χ1v) is 6.75. The Labute approximate surface area is 115 Å². The number of hydrogen-bond acceptors (Lipinski definition) is 2. The monoisotopic (exact) mass is 321 g/mol. The van der Waals surface area contributed by atoms with Crippen molar-refractivity contribution in [2.24, 2.45) is 11.8 Å². The Hall–Kier alpha value is -0.710. The number of alkyl halides is 2. The lowest BCUT2D eigenvalue weighted by Gasteiger charge is -2.16. The van der Waals surface area contributed by atoms with Crippen LogP contribution in [0.2, 0.25) is 0 Å². The number of nitrogens with zero attached hydrogens (tertiary/aromatic N) is 1. The Balaban J connectivity index is 2.67. The maximum atomic E-state index is 12.8. The van der Waals surface area contributed by atoms with Gasteiger partial charge in [0.05, 0.1) is 12.2 Å². The van der Waals surface area contributed by atoms with Gasteiger partial charge in [0.25, 0.3) is 6.43 Å². The summed E-state index contributed by atoms with van der Waals surface area (Å²) in [7, 11) is 0. The lowest BCUT2D eigenvalue weighted by Crippen LogP contribution is -2.12. The summed E-state index contributed by atoms with van der Waals surface area (Å²) in [4.78, 5) is 3.90. The van der Waals surface area contributed by atoms with Crippen molar-refractivity contribution in [3.8, 4) is 5.88 Å². The van der Waals surface area contributed by atoms with Crippen molar-refractivity contribution in [3.05, 3.63) is 22.3 Å². The van der Waals surface area contributed by atoms with Gasteiger partial charge in [-0.25, -0.2) is 13.8 Å². The number of rotatable bonds is 6. The minimum Gasteiger partial charge on any atom is -0.477 e. The Morgan fingerprint density at radius 3 is 2.56 bits per heavy atom. The molecule has 0 bridgehead atoms. The molecule has 1 rings (SSSR count). The lowest BCUT2D eigenvalue weighted by molar-refractivity contribution is 0.140. The summed E-state index contributed by atoms with van der Waals surface area (Å²) < 4.78 is 31.5. The largest absolute Gasteiger partial charge is 0.477 e. The van der Waals surface area contributed by atoms with Crippen LogP contribution in [0.5, 0.6) is 5.88 Å². The van der Waals surface area contributed by atoms with E-state index in [9.17, 15) is 8.78 Å². The van der Waals surface area contributed by atoms with Gasteiger partial charge in [-0.2, -0.15) is 0 Å². The quantitative estimate of drug-likeness (QED) is 0.747. The zero-order valence-corrected chi connectivity index (χ0v) is 12.4. The van der Waals surface area contributed by atoms with E-state index in [1.165, 1.54) is 12.3 Å². The number of pyridine rings is 1. The number of ether oxygens (including phenoxy) is 1. The molecule has 1 unspecified atom stereocenters. The minimum atomic E-state index is -2.58. The second-order valence-corrected chi connectivity index (χ2v) is 5.81. The van der Waals surface area contributed by atoms with Crippen LogP contribution in [0.4, 0.5) is 8.78 Å². The molecule has 1 aromatic rings. The molecule has 0 aliphatic heterocycles. The maximum absolute atomic E-state index is 12.8. The van der Waals surface area contributed by atoms with Crippen molar-refractivity contribution in [1.29, 1.82) is 0 Å². The molecule has 1 heterocycles. The zero-order valence-electron chi connectivity index (χ0n) is 10.8. The molecule has 102 valence electrons. The summed E-state index contributed by atoms with van der Waals surface area (Å²) in [5, 5.41) is 0. The second-order valence-electron chi connectivity index (χ2n) is 4.89. The van der Waals surface area contributed by atoms with Gasteiger partial charge >= 0.3 is 0 Å². The molecule has 0 saturated carbocycles. The van der Waals surface area contributed by atoms with E-state index in [1.807, 2.05) is 6.92 Å². The molecule has 18 heavy (non-hydrogen) atoms. The average molecular weight is 322 g/mol. The molecule has 0 amide bonds. The van der Waals surface area contributed by atoms with Gasteiger partial charge in [-0.1, -0.05) is 20.8 Å². The van der Waals surface area contributed by atoms with Gasteiger partial charge in [0, 0.05) is 10.7 Å². The molecule has 0 aromatic carbocycles. The Kier molecular flexibility index (Phi) is 5.99. The molecular weight excluding hydrogens is 304 g/mol. The highest BCUT2D eigenvalue weighted by atomic mass is 79.9. The molecule has 0 radical (unpaired) electrons. The van der Waals surface area contributed by atoms with Crippen molar-refractivity contribution in [3.63, 3.8) is 0 Å². The molecule has 0 fully saturated rings. The smallest absolute Gasteiger partial charge is 0.269 e. The highest BCUT2D eigenvalue weighted by Gasteiger charge is 2.17. The highest BCUT2D eigenvalue weighted by Crippen LogP contribution is 2.29. The fourth-order valence-electron chi connectivity index (χ4n) is 1.81. The van der Waals surface area contributed by atoms with Crippen LogP contribution in [0, 0.1) is 11.8 Å². The number of aromatic nitrogens is 1. The summed E-state index contributed by atoms with van der Waals surface area (Å²) in [5.74, 6) is 0.917. The van der Waals surface area contributed by atoms with E-state index < -0.39 is 6.43 Å². The lowest BCUT2D eigenvalue weighted by atomic mass is 10.00. The van der Waals surface area contributed by atoms with Crippen LogP contribution >= 0.6 is 15.9 Å². The third kappa shape index (κ3) is 4.88. The fourth-order valence-corrected chi connectivity index (χ4v) is 2.16. The van der Waals surface area contributed by atoms with E-state index in [2.05, 4.69) is 34.8 Å². The van der Waals surface area contributed by atoms with Crippen LogP contribution in [0.1, 0.15) is 39.2 Å². The van der Waals surface area contributed by atoms with Crippen LogP contribution in [-0.4, -0.2) is 11.6 Å². The van der Waals surface area contributed by atoms with Gasteiger partial charge in [-0.15, -0.1) is 0 Å². The minimum absolute atomic E-state index is 0.0313. The Morgan fingerprint density at radius 2 is 2.00 bits per heavy atom. The van der Waals surface area contributed by atoms with Crippen LogP contribution in [0.3, 0.4) is 0 Å². The first kappa shape index (κ1) is 15.3. The molecule has 0 aliphatic rings. The SMILES string of the molecule is CC(C)CC(C)COc1ncc(Br)cc1C(F)F. The first-order chi connectivity index (χ1) is 8.40. The van der Waals surface area contributed by atoms with Gasteiger partial charge in [0.15, 0.2) is 0 Å². The van der Waals surface area contributed by atoms with Crippen LogP contribution in [0.25, 0.3) is 0 Å². The Bertz CT molecular complexity index is 385. The summed E-state index contributed by atoms with van der Waals surface area (Å²) in [5.41, 5.74) is -0.166. The third-order valence-corrected chi connectivity index (χ3v) is 2.89. The summed E-state index contributed by atoms with van der Waals surface area (Å²) >= 11 is 3.13. The molecular formula is C13H18BrF2NO. The van der Waals surface area contributed by atoms with Crippen molar-refractivity contribution in [1.82, 2.24) is 4.98 Å². The van der Waals surface area contributed by atoms with Gasteiger partial charge in [0.2, 0.25) is 5.88 Å². The van der Waals surface area contributed by atoms with Crippen LogP contribution in [0.15, 0.2) is 16.7 Å². The number of halogens is 3. The molecule has 0 spiro atoms. The molecule has 1 aromatic heterocycles. The first-order valence-electron chi connectivity index (χ1n) is 5.96. The summed E-state index contributed by atoms with van der Waals surface area (Å²) in [6.07, 6.45) is -0.111. The maximum Gasteiger partial charge on any atom is 0.269 e. The molecule has 0 aliphatic carbocycles. The molecule has 0 N–H and O–H groups in total. The summed E-state index contributed by atoms with van der Waals surface area (Å²) in [6.45, 7) is 6.70. The van der Waals surface area contributed by atoms with E-state index in [1.54, 1.807) is 0 Å². The summed E-state index contributed by atoms with van der Waals surface area (Å²) in [6, 6.07) is 1.35. The van der Waals surface area contributed by atoms with Crippen molar-refractivity contribution < 1.29 is 13.5 Å². The predicted molar refractivity (Wildman–Crippen MR) is 71.0 cm³/mol. The standard InChI is InChI=1S/C13H18BrF2NO/c1-8(2)4-9(3)7-18-13-11(12(15)16)5-10(14)6-17-13/h5-6,8-9,12H,4,7H2,1-3H3. The van der Waals surface area contributed by atoms with Crippen LogP contribution in [-0.2, 0) is 0 Å². The highest BCUT2D eigenvalue weighted by molar-refractivity contribution is 9.10. The molecule has 2 nitrogen and oxygen atoms in total. The normalized spacial score (nSPS) is 13.1. The van der Waals surface area contributed by atoms with E-state index in [0.29, 0.717) is 22.9 Å². The van der Waals surface area contributed by atoms with E-state index in [-0.39, 0.29) is 11.4 Å². The van der Waals surface area contributed by atoms with Gasteiger partial charge in [-0.3, -0.25) is 0 Å². The van der Waals surface area contributed by atoms with Crippen molar-refractivity contribution in [2.75, 3.05) is 6.61 Å². The molecule has 0 saturated heterocycles. The zero-order chi connectivity index (χ0) is 13.7. The van der Waals surface area contributed by atoms with Crippen molar-refractivity contribution >= 4 is 15.9 Å². The molecule has 5 heteroatoms. The predicted octanol–water partition coefficient (Wildman–Crippen LogP) is 4.84. The average Bonchev–Trinajstić information content (AvgIpc) is 2.26. The van der Waals surface area contributed by atoms with Gasteiger partial charge in [-0.05, 0) is 40.3 Å². The van der Waals surface area contributed by atoms with Crippen LogP contribution < -0.4 is 4.74 Å². The van der Waals surface area contributed by atoms with Crippen molar-refractivity contribution in [2.45, 2.75) is 33.6 Å². The second kappa shape index (κ2) is 7.02. The molecule has 1 atom stereocenters. The number of hydrogen-bond donors (Lipinski definition) is 0. The van der Waals surface area contributed by atoms with Gasteiger partial charge < -0.3 is 4.74 Å². The van der Waals surface area contributed by atoms with Gasteiger partial charge in [0.1, 0.15) is 0 Å². The fraction of sp³-hybridized carbons (Fsp3) is 0.615. The third-order valence-electron chi connectivity index (χ3n) is 2.46. The van der Waals surface area contributed by atoms with E-state index >= 15 is 0 Å². The van der Waals surface area contributed by atoms with E-state index in [4.69, 9.17) is 4.74 Å². The van der Waals surface area contributed by atoms with E-state index in [0.717, 1.165) is 6.42 Å². The topological polar surface area (TPSA) is 22.1 Å². The Morgan fingerprint density at radius 1 is 1.33 bits per heavy atom.